The number of esters is 1. The van der Waals surface area contributed by atoms with E-state index in [9.17, 15) is 9.90 Å². The van der Waals surface area contributed by atoms with Crippen molar-refractivity contribution >= 4 is 5.97 Å². The number of carbonyl (C=O) groups is 1. The molecule has 0 amide bonds. The fraction of sp³-hybridized carbons (Fsp3) is 0.696. The first-order valence-corrected chi connectivity index (χ1v) is 10.4. The topological polar surface area (TPSA) is 68.3 Å². The third-order valence-electron chi connectivity index (χ3n) is 7.64. The summed E-state index contributed by atoms with van der Waals surface area (Å²) in [5.41, 5.74) is -0.678. The summed E-state index contributed by atoms with van der Waals surface area (Å²) in [6.45, 7) is 8.47. The Kier molecular flexibility index (Phi) is 4.55. The number of epoxide rings is 1. The molecular formula is C23H32O5. The fourth-order valence-electron chi connectivity index (χ4n) is 5.76. The second-order valence-corrected chi connectivity index (χ2v) is 9.78. The van der Waals surface area contributed by atoms with Gasteiger partial charge < -0.3 is 19.3 Å². The zero-order valence-corrected chi connectivity index (χ0v) is 17.5. The Morgan fingerprint density at radius 1 is 1.18 bits per heavy atom. The zero-order chi connectivity index (χ0) is 20.3. The molecule has 3 fully saturated rings. The number of methoxy groups -OCH3 is 1. The summed E-state index contributed by atoms with van der Waals surface area (Å²) in [4.78, 5) is 12.9. The van der Waals surface area contributed by atoms with E-state index in [1.54, 1.807) is 31.4 Å². The summed E-state index contributed by atoms with van der Waals surface area (Å²) < 4.78 is 17.3. The maximum absolute atomic E-state index is 12.9. The highest BCUT2D eigenvalue weighted by Crippen LogP contribution is 2.63. The predicted molar refractivity (Wildman–Crippen MR) is 105 cm³/mol. The standard InChI is InChI=1S/C23H32O5/c1-14(2)23(25)11-10-21(3)13-18-22(4,28-18)12-17(19(21)23)27-20(24)15-6-8-16(26-5)9-7-15/h6-9,14,17-19,25H,10-13H2,1-5H3/t17-,18-,19-,21-,22+,23+/m0/s1. The first kappa shape index (κ1) is 19.7. The molecule has 5 nitrogen and oxygen atoms in total. The zero-order valence-electron chi connectivity index (χ0n) is 17.5. The molecule has 154 valence electrons. The summed E-state index contributed by atoms with van der Waals surface area (Å²) in [6.07, 6.45) is 3.05. The molecule has 4 rings (SSSR count). The number of ether oxygens (including phenoxy) is 3. The molecule has 0 unspecified atom stereocenters. The van der Waals surface area contributed by atoms with E-state index in [1.807, 2.05) is 0 Å². The smallest absolute Gasteiger partial charge is 0.338 e. The molecule has 1 aromatic carbocycles. The summed E-state index contributed by atoms with van der Waals surface area (Å²) >= 11 is 0. The summed E-state index contributed by atoms with van der Waals surface area (Å²) in [6, 6.07) is 6.96. The Bertz CT molecular complexity index is 759. The van der Waals surface area contributed by atoms with Gasteiger partial charge in [-0.25, -0.2) is 4.79 Å². The molecule has 1 saturated heterocycles. The van der Waals surface area contributed by atoms with E-state index in [0.717, 1.165) is 19.3 Å². The van der Waals surface area contributed by atoms with E-state index in [0.29, 0.717) is 17.7 Å². The quantitative estimate of drug-likeness (QED) is 0.624. The van der Waals surface area contributed by atoms with Crippen molar-refractivity contribution in [2.24, 2.45) is 17.3 Å². The van der Waals surface area contributed by atoms with Crippen LogP contribution >= 0.6 is 0 Å². The van der Waals surface area contributed by atoms with Gasteiger partial charge in [-0.15, -0.1) is 0 Å². The molecular weight excluding hydrogens is 356 g/mol. The third-order valence-corrected chi connectivity index (χ3v) is 7.64. The molecule has 0 spiro atoms. The molecule has 0 aromatic heterocycles. The van der Waals surface area contributed by atoms with Gasteiger partial charge in [0.05, 0.1) is 30.0 Å². The van der Waals surface area contributed by atoms with Crippen molar-refractivity contribution in [3.63, 3.8) is 0 Å². The molecule has 28 heavy (non-hydrogen) atoms. The van der Waals surface area contributed by atoms with Gasteiger partial charge in [0.15, 0.2) is 0 Å². The van der Waals surface area contributed by atoms with E-state index in [1.165, 1.54) is 0 Å². The van der Waals surface area contributed by atoms with Crippen LogP contribution in [0, 0.1) is 17.3 Å². The van der Waals surface area contributed by atoms with Gasteiger partial charge >= 0.3 is 5.97 Å². The molecule has 1 heterocycles. The number of aliphatic hydroxyl groups is 1. The Hall–Kier alpha value is -1.59. The van der Waals surface area contributed by atoms with Crippen molar-refractivity contribution in [2.45, 2.75) is 76.8 Å². The van der Waals surface area contributed by atoms with Gasteiger partial charge in [-0.2, -0.15) is 0 Å². The number of hydrogen-bond acceptors (Lipinski definition) is 5. The third kappa shape index (κ3) is 3.03. The second kappa shape index (κ2) is 6.46. The van der Waals surface area contributed by atoms with E-state index >= 15 is 0 Å². The largest absolute Gasteiger partial charge is 0.497 e. The maximum Gasteiger partial charge on any atom is 0.338 e. The van der Waals surface area contributed by atoms with Crippen LogP contribution in [-0.4, -0.2) is 41.6 Å². The lowest BCUT2D eigenvalue weighted by atomic mass is 9.67. The molecule has 1 N–H and O–H groups in total. The fourth-order valence-corrected chi connectivity index (χ4v) is 5.76. The van der Waals surface area contributed by atoms with Crippen LogP contribution in [-0.2, 0) is 9.47 Å². The van der Waals surface area contributed by atoms with Gasteiger partial charge in [0.25, 0.3) is 0 Å². The molecule has 1 aromatic rings. The molecule has 2 aliphatic carbocycles. The lowest BCUT2D eigenvalue weighted by Gasteiger charge is -2.44. The average Bonchev–Trinajstić information content (AvgIpc) is 3.19. The van der Waals surface area contributed by atoms with Crippen LogP contribution in [0.4, 0.5) is 0 Å². The normalized spacial score (nSPS) is 41.8. The molecule has 3 aliphatic rings. The van der Waals surface area contributed by atoms with Crippen molar-refractivity contribution in [2.75, 3.05) is 7.11 Å². The van der Waals surface area contributed by atoms with Crippen LogP contribution in [0.2, 0.25) is 0 Å². The minimum atomic E-state index is -0.827. The van der Waals surface area contributed by atoms with E-state index in [2.05, 4.69) is 27.7 Å². The Morgan fingerprint density at radius 2 is 1.86 bits per heavy atom. The van der Waals surface area contributed by atoms with Crippen LogP contribution in [0.15, 0.2) is 24.3 Å². The Balaban J connectivity index is 1.64. The molecule has 6 atom stereocenters. The Labute approximate surface area is 167 Å². The molecule has 2 saturated carbocycles. The minimum absolute atomic E-state index is 0.0876. The molecule has 5 heteroatoms. The van der Waals surface area contributed by atoms with Crippen molar-refractivity contribution < 1.29 is 24.1 Å². The summed E-state index contributed by atoms with van der Waals surface area (Å²) in [7, 11) is 1.60. The van der Waals surface area contributed by atoms with Crippen LogP contribution in [0.25, 0.3) is 0 Å². The van der Waals surface area contributed by atoms with Gasteiger partial charge in [0, 0.05) is 12.3 Å². The summed E-state index contributed by atoms with van der Waals surface area (Å²) in [5, 5.41) is 11.6. The minimum Gasteiger partial charge on any atom is -0.497 e. The SMILES string of the molecule is COc1ccc(C(=O)O[C@H]2C[C@@]3(C)O[C@H]3C[C@]3(C)CC[C@@](O)(C(C)C)[C@@H]23)cc1. The highest BCUT2D eigenvalue weighted by Gasteiger charge is 2.68. The van der Waals surface area contributed by atoms with Crippen molar-refractivity contribution in [1.29, 1.82) is 0 Å². The summed E-state index contributed by atoms with van der Waals surface area (Å²) in [5.74, 6) is 0.362. The molecule has 1 aliphatic heterocycles. The first-order chi connectivity index (χ1) is 13.1. The van der Waals surface area contributed by atoms with Crippen molar-refractivity contribution in [3.8, 4) is 5.75 Å². The molecule has 0 bridgehead atoms. The van der Waals surface area contributed by atoms with Crippen molar-refractivity contribution in [3.05, 3.63) is 29.8 Å². The van der Waals surface area contributed by atoms with Gasteiger partial charge in [-0.1, -0.05) is 20.8 Å². The number of fused-ring (bicyclic) bond motifs is 2. The van der Waals surface area contributed by atoms with Gasteiger partial charge in [-0.3, -0.25) is 0 Å². The number of hydrogen-bond donors (Lipinski definition) is 1. The highest BCUT2D eigenvalue weighted by molar-refractivity contribution is 5.89. The van der Waals surface area contributed by atoms with E-state index in [4.69, 9.17) is 14.2 Å². The Morgan fingerprint density at radius 3 is 2.46 bits per heavy atom. The lowest BCUT2D eigenvalue weighted by molar-refractivity contribution is -0.120. The predicted octanol–water partition coefficient (Wildman–Crippen LogP) is 3.98. The first-order valence-electron chi connectivity index (χ1n) is 10.4. The van der Waals surface area contributed by atoms with Gasteiger partial charge in [0.1, 0.15) is 11.9 Å². The van der Waals surface area contributed by atoms with E-state index in [-0.39, 0.29) is 41.0 Å². The average molecular weight is 389 g/mol. The van der Waals surface area contributed by atoms with Crippen LogP contribution in [0.5, 0.6) is 5.75 Å². The second-order valence-electron chi connectivity index (χ2n) is 9.78. The van der Waals surface area contributed by atoms with Crippen LogP contribution in [0.1, 0.15) is 63.7 Å². The van der Waals surface area contributed by atoms with Gasteiger partial charge in [-0.05, 0) is 61.8 Å². The number of carbonyl (C=O) groups excluding carboxylic acids is 1. The molecule has 0 radical (unpaired) electrons. The van der Waals surface area contributed by atoms with Crippen LogP contribution < -0.4 is 4.74 Å². The number of benzene rings is 1. The lowest BCUT2D eigenvalue weighted by Crippen LogP contribution is -2.50. The number of rotatable bonds is 4. The monoisotopic (exact) mass is 388 g/mol. The maximum atomic E-state index is 12.9. The van der Waals surface area contributed by atoms with Gasteiger partial charge in [0.2, 0.25) is 0 Å². The highest BCUT2D eigenvalue weighted by atomic mass is 16.6. The van der Waals surface area contributed by atoms with Crippen LogP contribution in [0.3, 0.4) is 0 Å². The van der Waals surface area contributed by atoms with E-state index < -0.39 is 5.60 Å². The van der Waals surface area contributed by atoms with Crippen molar-refractivity contribution in [1.82, 2.24) is 0 Å².